The van der Waals surface area contributed by atoms with Gasteiger partial charge in [-0.25, -0.2) is 0 Å². The largest absolute Gasteiger partial charge is 0.354 e. The molecule has 0 saturated carbocycles. The lowest BCUT2D eigenvalue weighted by atomic mass is 10.1. The first-order valence-electron chi connectivity index (χ1n) is 6.35. The van der Waals surface area contributed by atoms with E-state index in [1.165, 1.54) is 0 Å². The number of likely N-dealkylation sites (N-methyl/N-ethyl adjacent to an activating group) is 1. The van der Waals surface area contributed by atoms with Crippen LogP contribution in [0.5, 0.6) is 0 Å². The van der Waals surface area contributed by atoms with E-state index >= 15 is 0 Å². The molecular weight excluding hydrogens is 228 g/mol. The first-order chi connectivity index (χ1) is 8.36. The first kappa shape index (κ1) is 14.7. The van der Waals surface area contributed by atoms with Crippen molar-refractivity contribution in [3.63, 3.8) is 0 Å². The maximum Gasteiger partial charge on any atom is 0.239 e. The van der Waals surface area contributed by atoms with Gasteiger partial charge in [0.1, 0.15) is 0 Å². The summed E-state index contributed by atoms with van der Waals surface area (Å²) < 4.78 is 1.98. The van der Waals surface area contributed by atoms with E-state index in [4.69, 9.17) is 0 Å². The van der Waals surface area contributed by atoms with E-state index in [-0.39, 0.29) is 5.91 Å². The van der Waals surface area contributed by atoms with E-state index in [1.54, 1.807) is 7.05 Å². The molecule has 0 unspecified atom stereocenters. The molecular formula is C13H24N4O. The van der Waals surface area contributed by atoms with Crippen molar-refractivity contribution >= 4 is 5.91 Å². The Balaban J connectivity index is 2.31. The Morgan fingerprint density at radius 1 is 1.44 bits per heavy atom. The number of aryl methyl sites for hydroxylation is 3. The molecule has 5 nitrogen and oxygen atoms in total. The van der Waals surface area contributed by atoms with Gasteiger partial charge in [0.05, 0.1) is 11.2 Å². The van der Waals surface area contributed by atoms with Crippen LogP contribution in [0, 0.1) is 13.8 Å². The molecule has 1 aromatic heterocycles. The summed E-state index contributed by atoms with van der Waals surface area (Å²) in [5.41, 5.74) is 1.68. The lowest BCUT2D eigenvalue weighted by Crippen LogP contribution is -2.51. The highest BCUT2D eigenvalue weighted by molar-refractivity contribution is 5.85. The zero-order valence-corrected chi connectivity index (χ0v) is 12.0. The molecule has 5 heteroatoms. The lowest BCUT2D eigenvalue weighted by Gasteiger charge is -2.22. The molecule has 0 aliphatic carbocycles. The third-order valence-corrected chi connectivity index (χ3v) is 3.13. The van der Waals surface area contributed by atoms with Gasteiger partial charge in [0.25, 0.3) is 0 Å². The molecule has 1 rings (SSSR count). The molecule has 102 valence electrons. The average molecular weight is 252 g/mol. The van der Waals surface area contributed by atoms with Crippen LogP contribution < -0.4 is 10.6 Å². The number of amides is 1. The predicted molar refractivity (Wildman–Crippen MR) is 72.5 cm³/mol. The molecule has 0 fully saturated rings. The zero-order valence-electron chi connectivity index (χ0n) is 12.0. The second-order valence-electron chi connectivity index (χ2n) is 5.13. The fourth-order valence-corrected chi connectivity index (χ4v) is 1.67. The van der Waals surface area contributed by atoms with Gasteiger partial charge in [-0.3, -0.25) is 9.48 Å². The molecule has 0 radical (unpaired) electrons. The van der Waals surface area contributed by atoms with Gasteiger partial charge in [-0.1, -0.05) is 0 Å². The van der Waals surface area contributed by atoms with Crippen molar-refractivity contribution < 1.29 is 4.79 Å². The Morgan fingerprint density at radius 3 is 2.61 bits per heavy atom. The van der Waals surface area contributed by atoms with E-state index in [2.05, 4.69) is 21.8 Å². The number of hydrogen-bond donors (Lipinski definition) is 2. The molecule has 0 bridgehead atoms. The Morgan fingerprint density at radius 2 is 2.11 bits per heavy atom. The van der Waals surface area contributed by atoms with E-state index in [9.17, 15) is 4.79 Å². The van der Waals surface area contributed by atoms with Crippen molar-refractivity contribution in [2.45, 2.75) is 46.2 Å². The summed E-state index contributed by atoms with van der Waals surface area (Å²) in [5, 5.41) is 10.3. The standard InChI is InChI=1S/C13H24N4O/c1-10-9-11(2)17(16-10)8-6-7-15-12(18)13(3,4)14-5/h9,14H,6-8H2,1-5H3,(H,15,18). The van der Waals surface area contributed by atoms with Crippen molar-refractivity contribution in [2.75, 3.05) is 13.6 Å². The molecule has 18 heavy (non-hydrogen) atoms. The quantitative estimate of drug-likeness (QED) is 0.743. The Labute approximate surface area is 109 Å². The second-order valence-corrected chi connectivity index (χ2v) is 5.13. The predicted octanol–water partition coefficient (Wildman–Crippen LogP) is 1.00. The maximum atomic E-state index is 11.8. The molecule has 0 aromatic carbocycles. The van der Waals surface area contributed by atoms with Crippen LogP contribution in [0.3, 0.4) is 0 Å². The Bertz CT molecular complexity index is 409. The smallest absolute Gasteiger partial charge is 0.239 e. The molecule has 0 atom stereocenters. The van der Waals surface area contributed by atoms with Gasteiger partial charge in [0.2, 0.25) is 5.91 Å². The van der Waals surface area contributed by atoms with Gasteiger partial charge in [-0.2, -0.15) is 5.10 Å². The van der Waals surface area contributed by atoms with Crippen molar-refractivity contribution in [1.29, 1.82) is 0 Å². The van der Waals surface area contributed by atoms with E-state index in [0.29, 0.717) is 6.54 Å². The highest BCUT2D eigenvalue weighted by Gasteiger charge is 2.24. The summed E-state index contributed by atoms with van der Waals surface area (Å²) in [6.07, 6.45) is 0.882. The number of aromatic nitrogens is 2. The molecule has 1 amide bonds. The van der Waals surface area contributed by atoms with Gasteiger partial charge < -0.3 is 10.6 Å². The van der Waals surface area contributed by atoms with Crippen LogP contribution >= 0.6 is 0 Å². The summed E-state index contributed by atoms with van der Waals surface area (Å²) >= 11 is 0. The summed E-state index contributed by atoms with van der Waals surface area (Å²) in [6, 6.07) is 2.06. The Hall–Kier alpha value is -1.36. The minimum atomic E-state index is -0.516. The van der Waals surface area contributed by atoms with Crippen molar-refractivity contribution in [3.05, 3.63) is 17.5 Å². The highest BCUT2D eigenvalue weighted by Crippen LogP contribution is 2.03. The minimum Gasteiger partial charge on any atom is -0.354 e. The van der Waals surface area contributed by atoms with Crippen molar-refractivity contribution in [1.82, 2.24) is 20.4 Å². The molecule has 1 aromatic rings. The normalized spacial score (nSPS) is 11.6. The number of rotatable bonds is 6. The number of carbonyl (C=O) groups excluding carboxylic acids is 1. The topological polar surface area (TPSA) is 59.0 Å². The first-order valence-corrected chi connectivity index (χ1v) is 6.35. The van der Waals surface area contributed by atoms with Crippen molar-refractivity contribution in [3.8, 4) is 0 Å². The van der Waals surface area contributed by atoms with Crippen LogP contribution in [-0.4, -0.2) is 34.8 Å². The molecule has 0 saturated heterocycles. The molecule has 0 aliphatic heterocycles. The van der Waals surface area contributed by atoms with Gasteiger partial charge in [0.15, 0.2) is 0 Å². The fourth-order valence-electron chi connectivity index (χ4n) is 1.67. The van der Waals surface area contributed by atoms with Crippen LogP contribution in [0.4, 0.5) is 0 Å². The molecule has 0 spiro atoms. The maximum absolute atomic E-state index is 11.8. The number of nitrogens with one attached hydrogen (secondary N) is 2. The second kappa shape index (κ2) is 6.00. The molecule has 2 N–H and O–H groups in total. The average Bonchev–Trinajstić information content (AvgIpc) is 2.63. The van der Waals surface area contributed by atoms with Crippen LogP contribution in [0.15, 0.2) is 6.07 Å². The SMILES string of the molecule is CNC(C)(C)C(=O)NCCCn1nc(C)cc1C. The number of carbonyl (C=O) groups is 1. The van der Waals surface area contributed by atoms with Crippen LogP contribution in [0.1, 0.15) is 31.7 Å². The van der Waals surface area contributed by atoms with E-state index in [0.717, 1.165) is 24.4 Å². The third kappa shape index (κ3) is 3.84. The van der Waals surface area contributed by atoms with Crippen LogP contribution in [0.25, 0.3) is 0 Å². The monoisotopic (exact) mass is 252 g/mol. The summed E-state index contributed by atoms with van der Waals surface area (Å²) in [7, 11) is 1.79. The highest BCUT2D eigenvalue weighted by atomic mass is 16.2. The summed E-state index contributed by atoms with van der Waals surface area (Å²) in [5.74, 6) is 0.0263. The van der Waals surface area contributed by atoms with Crippen molar-refractivity contribution in [2.24, 2.45) is 0 Å². The van der Waals surface area contributed by atoms with Gasteiger partial charge >= 0.3 is 0 Å². The summed E-state index contributed by atoms with van der Waals surface area (Å²) in [6.45, 7) is 9.26. The third-order valence-electron chi connectivity index (χ3n) is 3.13. The van der Waals surface area contributed by atoms with E-state index in [1.807, 2.05) is 32.4 Å². The van der Waals surface area contributed by atoms with Crippen LogP contribution in [-0.2, 0) is 11.3 Å². The van der Waals surface area contributed by atoms with E-state index < -0.39 is 5.54 Å². The summed E-state index contributed by atoms with van der Waals surface area (Å²) in [4.78, 5) is 11.8. The lowest BCUT2D eigenvalue weighted by molar-refractivity contribution is -0.126. The zero-order chi connectivity index (χ0) is 13.8. The Kier molecular flexibility index (Phi) is 4.90. The fraction of sp³-hybridized carbons (Fsp3) is 0.692. The van der Waals surface area contributed by atoms with Gasteiger partial charge in [-0.15, -0.1) is 0 Å². The molecule has 1 heterocycles. The number of nitrogens with zero attached hydrogens (tertiary/aromatic N) is 2. The van der Waals surface area contributed by atoms with Gasteiger partial charge in [-0.05, 0) is 47.2 Å². The molecule has 0 aliphatic rings. The van der Waals surface area contributed by atoms with Crippen LogP contribution in [0.2, 0.25) is 0 Å². The minimum absolute atomic E-state index is 0.0263. The van der Waals surface area contributed by atoms with Gasteiger partial charge in [0, 0.05) is 18.8 Å². The number of hydrogen-bond acceptors (Lipinski definition) is 3.